The molecule has 1 fully saturated rings. The molecule has 0 bridgehead atoms. The molecule has 0 heterocycles. The molecule has 4 heteroatoms. The molecular formula is C14H28N2O2. The largest absolute Gasteiger partial charge is 0.396 e. The van der Waals surface area contributed by atoms with E-state index < -0.39 is 0 Å². The molecule has 3 N–H and O–H groups in total. The molecule has 18 heavy (non-hydrogen) atoms. The van der Waals surface area contributed by atoms with Crippen molar-refractivity contribution in [2.45, 2.75) is 65.5 Å². The van der Waals surface area contributed by atoms with Crippen molar-refractivity contribution in [3.05, 3.63) is 0 Å². The summed E-state index contributed by atoms with van der Waals surface area (Å²) in [7, 11) is 0. The van der Waals surface area contributed by atoms with E-state index in [0.29, 0.717) is 12.3 Å². The van der Waals surface area contributed by atoms with Gasteiger partial charge in [0, 0.05) is 18.7 Å². The van der Waals surface area contributed by atoms with Gasteiger partial charge in [0.25, 0.3) is 0 Å². The van der Waals surface area contributed by atoms with Gasteiger partial charge in [-0.15, -0.1) is 0 Å². The van der Waals surface area contributed by atoms with Crippen molar-refractivity contribution in [3.8, 4) is 0 Å². The monoisotopic (exact) mass is 256 g/mol. The molecule has 0 aromatic heterocycles. The van der Waals surface area contributed by atoms with Gasteiger partial charge in [0.05, 0.1) is 0 Å². The number of rotatable bonds is 5. The van der Waals surface area contributed by atoms with E-state index in [2.05, 4.69) is 38.3 Å². The van der Waals surface area contributed by atoms with E-state index in [9.17, 15) is 4.79 Å². The first-order valence-electron chi connectivity index (χ1n) is 7.02. The molecule has 0 aromatic rings. The number of hydrogen-bond donors (Lipinski definition) is 3. The zero-order valence-electron chi connectivity index (χ0n) is 12.1. The highest BCUT2D eigenvalue weighted by atomic mass is 16.3. The van der Waals surface area contributed by atoms with Crippen LogP contribution < -0.4 is 10.6 Å². The summed E-state index contributed by atoms with van der Waals surface area (Å²) < 4.78 is 0. The van der Waals surface area contributed by atoms with Gasteiger partial charge in [-0.3, -0.25) is 0 Å². The van der Waals surface area contributed by atoms with Gasteiger partial charge in [-0.1, -0.05) is 27.2 Å². The smallest absolute Gasteiger partial charge is 0.315 e. The summed E-state index contributed by atoms with van der Waals surface area (Å²) >= 11 is 0. The van der Waals surface area contributed by atoms with E-state index in [1.54, 1.807) is 0 Å². The Labute approximate surface area is 111 Å². The highest BCUT2D eigenvalue weighted by molar-refractivity contribution is 5.74. The van der Waals surface area contributed by atoms with Crippen LogP contribution in [0.5, 0.6) is 0 Å². The molecular weight excluding hydrogens is 228 g/mol. The second-order valence-corrected chi connectivity index (χ2v) is 6.53. The first-order chi connectivity index (χ1) is 8.34. The third-order valence-electron chi connectivity index (χ3n) is 3.98. The van der Waals surface area contributed by atoms with E-state index in [-0.39, 0.29) is 30.1 Å². The Kier molecular flexibility index (Phi) is 5.45. The van der Waals surface area contributed by atoms with Crippen LogP contribution in [0, 0.1) is 11.3 Å². The quantitative estimate of drug-likeness (QED) is 0.706. The third kappa shape index (κ3) is 4.48. The molecule has 2 atom stereocenters. The summed E-state index contributed by atoms with van der Waals surface area (Å²) in [6, 6.07) is 0.132. The van der Waals surface area contributed by atoms with Crippen LogP contribution in [0.4, 0.5) is 4.79 Å². The fourth-order valence-electron chi connectivity index (χ4n) is 2.32. The van der Waals surface area contributed by atoms with Crippen molar-refractivity contribution in [1.82, 2.24) is 10.6 Å². The van der Waals surface area contributed by atoms with Gasteiger partial charge in [-0.05, 0) is 37.5 Å². The Balaban J connectivity index is 2.40. The Morgan fingerprint density at radius 1 is 1.33 bits per heavy atom. The first kappa shape index (κ1) is 15.3. The Bertz CT molecular complexity index is 269. The molecule has 1 aliphatic rings. The van der Waals surface area contributed by atoms with E-state index in [1.807, 2.05) is 0 Å². The van der Waals surface area contributed by atoms with Crippen LogP contribution in [0.2, 0.25) is 0 Å². The second kappa shape index (κ2) is 6.41. The highest BCUT2D eigenvalue weighted by Crippen LogP contribution is 2.29. The summed E-state index contributed by atoms with van der Waals surface area (Å²) in [5, 5.41) is 15.1. The molecule has 4 nitrogen and oxygen atoms in total. The van der Waals surface area contributed by atoms with E-state index >= 15 is 0 Å². The molecule has 0 aromatic carbocycles. The lowest BCUT2D eigenvalue weighted by molar-refractivity contribution is 0.180. The molecule has 0 saturated heterocycles. The number of amides is 2. The van der Waals surface area contributed by atoms with Crippen molar-refractivity contribution >= 4 is 6.03 Å². The summed E-state index contributed by atoms with van der Waals surface area (Å²) in [6.07, 6.45) is 4.32. The maximum Gasteiger partial charge on any atom is 0.315 e. The lowest BCUT2D eigenvalue weighted by Crippen LogP contribution is -2.52. The van der Waals surface area contributed by atoms with E-state index in [4.69, 9.17) is 5.11 Å². The number of urea groups is 1. The molecule has 2 amide bonds. The molecule has 1 saturated carbocycles. The maximum atomic E-state index is 11.9. The fraction of sp³-hybridized carbons (Fsp3) is 0.929. The number of nitrogens with one attached hydrogen (secondary N) is 2. The van der Waals surface area contributed by atoms with Crippen molar-refractivity contribution in [2.24, 2.45) is 11.3 Å². The Morgan fingerprint density at radius 3 is 2.33 bits per heavy atom. The first-order valence-corrected chi connectivity index (χ1v) is 7.02. The number of carbonyl (C=O) groups is 1. The summed E-state index contributed by atoms with van der Waals surface area (Å²) in [4.78, 5) is 11.9. The van der Waals surface area contributed by atoms with Crippen LogP contribution in [0.25, 0.3) is 0 Å². The SMILES string of the molecule is C[C@H](NC(=O)N[C@@H](CCO)C(C)(C)C)C1CCC1. The summed E-state index contributed by atoms with van der Waals surface area (Å²) in [5.41, 5.74) is -0.0419. The van der Waals surface area contributed by atoms with Crippen molar-refractivity contribution in [1.29, 1.82) is 0 Å². The van der Waals surface area contributed by atoms with Crippen molar-refractivity contribution in [3.63, 3.8) is 0 Å². The summed E-state index contributed by atoms with van der Waals surface area (Å²) in [6.45, 7) is 8.39. The van der Waals surface area contributed by atoms with Crippen LogP contribution >= 0.6 is 0 Å². The predicted octanol–water partition coefficient (Wildman–Crippen LogP) is 2.27. The van der Waals surface area contributed by atoms with Gasteiger partial charge in [0.1, 0.15) is 0 Å². The van der Waals surface area contributed by atoms with Gasteiger partial charge in [0.2, 0.25) is 0 Å². The topological polar surface area (TPSA) is 61.4 Å². The number of aliphatic hydroxyl groups excluding tert-OH is 1. The molecule has 0 radical (unpaired) electrons. The van der Waals surface area contributed by atoms with Crippen molar-refractivity contribution < 1.29 is 9.90 Å². The number of hydrogen-bond acceptors (Lipinski definition) is 2. The molecule has 0 aliphatic heterocycles. The lowest BCUT2D eigenvalue weighted by atomic mass is 9.80. The van der Waals surface area contributed by atoms with Crippen LogP contribution in [-0.2, 0) is 0 Å². The van der Waals surface area contributed by atoms with Gasteiger partial charge < -0.3 is 15.7 Å². The van der Waals surface area contributed by atoms with E-state index in [0.717, 1.165) is 0 Å². The van der Waals surface area contributed by atoms with Gasteiger partial charge in [0.15, 0.2) is 0 Å². The van der Waals surface area contributed by atoms with Gasteiger partial charge >= 0.3 is 6.03 Å². The van der Waals surface area contributed by atoms with Crippen LogP contribution in [0.3, 0.4) is 0 Å². The standard InChI is InChI=1S/C14H28N2O2/c1-10(11-6-5-7-11)15-13(18)16-12(8-9-17)14(2,3)4/h10-12,17H,5-9H2,1-4H3,(H2,15,16,18)/t10-,12-/m0/s1. The normalized spacial score (nSPS) is 19.8. The lowest BCUT2D eigenvalue weighted by Gasteiger charge is -2.34. The van der Waals surface area contributed by atoms with Crippen molar-refractivity contribution in [2.75, 3.05) is 6.61 Å². The van der Waals surface area contributed by atoms with Crippen LogP contribution in [0.1, 0.15) is 53.4 Å². The molecule has 0 unspecified atom stereocenters. The fourth-order valence-corrected chi connectivity index (χ4v) is 2.32. The predicted molar refractivity (Wildman–Crippen MR) is 73.4 cm³/mol. The molecule has 1 aliphatic carbocycles. The molecule has 0 spiro atoms. The minimum atomic E-state index is -0.109. The zero-order valence-corrected chi connectivity index (χ0v) is 12.1. The molecule has 1 rings (SSSR count). The number of carbonyl (C=O) groups excluding carboxylic acids is 1. The second-order valence-electron chi connectivity index (χ2n) is 6.53. The Hall–Kier alpha value is -0.770. The third-order valence-corrected chi connectivity index (χ3v) is 3.98. The minimum Gasteiger partial charge on any atom is -0.396 e. The average Bonchev–Trinajstić information content (AvgIpc) is 2.12. The van der Waals surface area contributed by atoms with Crippen LogP contribution in [-0.4, -0.2) is 29.8 Å². The average molecular weight is 256 g/mol. The van der Waals surface area contributed by atoms with Crippen LogP contribution in [0.15, 0.2) is 0 Å². The number of aliphatic hydroxyl groups is 1. The maximum absolute atomic E-state index is 11.9. The zero-order chi connectivity index (χ0) is 13.8. The van der Waals surface area contributed by atoms with E-state index in [1.165, 1.54) is 19.3 Å². The highest BCUT2D eigenvalue weighted by Gasteiger charge is 2.28. The van der Waals surface area contributed by atoms with Gasteiger partial charge in [-0.25, -0.2) is 4.79 Å². The van der Waals surface area contributed by atoms with Gasteiger partial charge in [-0.2, -0.15) is 0 Å². The molecule has 106 valence electrons. The Morgan fingerprint density at radius 2 is 1.94 bits per heavy atom. The minimum absolute atomic E-state index is 0.00362. The summed E-state index contributed by atoms with van der Waals surface area (Å²) in [5.74, 6) is 0.640.